The zero-order chi connectivity index (χ0) is 11.7. The first-order chi connectivity index (χ1) is 7.65. The van der Waals surface area contributed by atoms with Crippen LogP contribution in [0.15, 0.2) is 11.4 Å². The van der Waals surface area contributed by atoms with Crippen molar-refractivity contribution in [3.63, 3.8) is 0 Å². The van der Waals surface area contributed by atoms with Gasteiger partial charge in [-0.05, 0) is 36.8 Å². The zero-order valence-electron chi connectivity index (χ0n) is 9.77. The largest absolute Gasteiger partial charge is 0.334 e. The molecule has 2 heterocycles. The SMILES string of the molecule is CC[C@@H](N)C(=O)N1CCc2sccc2C1C. The third-order valence-corrected chi connectivity index (χ3v) is 4.31. The summed E-state index contributed by atoms with van der Waals surface area (Å²) in [7, 11) is 0. The van der Waals surface area contributed by atoms with E-state index in [1.54, 1.807) is 11.3 Å². The number of rotatable bonds is 2. The molecule has 88 valence electrons. The molecule has 2 atom stereocenters. The number of amides is 1. The first kappa shape index (κ1) is 11.6. The van der Waals surface area contributed by atoms with Crippen LogP contribution < -0.4 is 5.73 Å². The Morgan fingerprint density at radius 2 is 2.50 bits per heavy atom. The molecule has 2 N–H and O–H groups in total. The van der Waals surface area contributed by atoms with E-state index >= 15 is 0 Å². The minimum Gasteiger partial charge on any atom is -0.334 e. The second-order valence-electron chi connectivity index (χ2n) is 4.27. The fraction of sp³-hybridized carbons (Fsp3) is 0.583. The Balaban J connectivity index is 2.18. The van der Waals surface area contributed by atoms with E-state index in [1.807, 2.05) is 11.8 Å². The van der Waals surface area contributed by atoms with Crippen LogP contribution >= 0.6 is 11.3 Å². The third kappa shape index (κ3) is 1.87. The average Bonchev–Trinajstić information content (AvgIpc) is 2.76. The molecular weight excluding hydrogens is 220 g/mol. The van der Waals surface area contributed by atoms with Crippen LogP contribution in [0.3, 0.4) is 0 Å². The molecule has 1 amide bonds. The van der Waals surface area contributed by atoms with Gasteiger partial charge in [-0.25, -0.2) is 0 Å². The molecule has 0 bridgehead atoms. The van der Waals surface area contributed by atoms with E-state index in [4.69, 9.17) is 5.73 Å². The maximum atomic E-state index is 12.1. The van der Waals surface area contributed by atoms with Crippen molar-refractivity contribution in [2.75, 3.05) is 6.54 Å². The van der Waals surface area contributed by atoms with Crippen LogP contribution in [0.4, 0.5) is 0 Å². The van der Waals surface area contributed by atoms with Gasteiger partial charge in [-0.15, -0.1) is 11.3 Å². The second kappa shape index (κ2) is 4.55. The predicted octanol–water partition coefficient (Wildman–Crippen LogP) is 1.93. The highest BCUT2D eigenvalue weighted by atomic mass is 32.1. The Morgan fingerprint density at radius 1 is 1.75 bits per heavy atom. The average molecular weight is 238 g/mol. The van der Waals surface area contributed by atoms with Gasteiger partial charge in [0.05, 0.1) is 12.1 Å². The van der Waals surface area contributed by atoms with Crippen LogP contribution in [0.1, 0.15) is 36.8 Å². The van der Waals surface area contributed by atoms with Gasteiger partial charge in [0.15, 0.2) is 0 Å². The number of nitrogens with zero attached hydrogens (tertiary/aromatic N) is 1. The molecule has 0 fully saturated rings. The predicted molar refractivity (Wildman–Crippen MR) is 66.4 cm³/mol. The van der Waals surface area contributed by atoms with Gasteiger partial charge in [0.25, 0.3) is 0 Å². The molecule has 1 aromatic heterocycles. The number of carbonyl (C=O) groups excluding carboxylic acids is 1. The zero-order valence-corrected chi connectivity index (χ0v) is 10.6. The molecule has 0 saturated carbocycles. The van der Waals surface area contributed by atoms with Crippen molar-refractivity contribution in [1.82, 2.24) is 4.90 Å². The van der Waals surface area contributed by atoms with Gasteiger partial charge >= 0.3 is 0 Å². The molecule has 1 aromatic rings. The smallest absolute Gasteiger partial charge is 0.239 e. The van der Waals surface area contributed by atoms with E-state index in [2.05, 4.69) is 18.4 Å². The van der Waals surface area contributed by atoms with Crippen molar-refractivity contribution >= 4 is 17.2 Å². The van der Waals surface area contributed by atoms with Gasteiger partial charge in [0, 0.05) is 11.4 Å². The highest BCUT2D eigenvalue weighted by Gasteiger charge is 2.30. The van der Waals surface area contributed by atoms with Crippen LogP contribution in [0, 0.1) is 0 Å². The quantitative estimate of drug-likeness (QED) is 0.855. The third-order valence-electron chi connectivity index (χ3n) is 3.32. The van der Waals surface area contributed by atoms with Crippen molar-refractivity contribution in [1.29, 1.82) is 0 Å². The Labute approximate surface area is 100 Å². The maximum Gasteiger partial charge on any atom is 0.239 e. The molecule has 0 spiro atoms. The van der Waals surface area contributed by atoms with Gasteiger partial charge in [-0.1, -0.05) is 6.92 Å². The standard InChI is InChI=1S/C12H18N2OS/c1-3-10(13)12(15)14-6-4-11-9(8(14)2)5-7-16-11/h5,7-8,10H,3-4,6,13H2,1-2H3/t8?,10-/m1/s1. The van der Waals surface area contributed by atoms with Crippen molar-refractivity contribution in [2.45, 2.75) is 38.8 Å². The summed E-state index contributed by atoms with van der Waals surface area (Å²) in [4.78, 5) is 15.4. The van der Waals surface area contributed by atoms with E-state index < -0.39 is 0 Å². The number of hydrogen-bond donors (Lipinski definition) is 1. The van der Waals surface area contributed by atoms with Gasteiger partial charge in [-0.3, -0.25) is 4.79 Å². The number of nitrogens with two attached hydrogens (primary N) is 1. The fourth-order valence-electron chi connectivity index (χ4n) is 2.20. The highest BCUT2D eigenvalue weighted by molar-refractivity contribution is 7.10. The molecule has 1 aliphatic heterocycles. The Kier molecular flexibility index (Phi) is 3.30. The monoisotopic (exact) mass is 238 g/mol. The Morgan fingerprint density at radius 3 is 3.19 bits per heavy atom. The summed E-state index contributed by atoms with van der Waals surface area (Å²) in [5.74, 6) is 0.0897. The van der Waals surface area contributed by atoms with Crippen LogP contribution in [-0.4, -0.2) is 23.4 Å². The first-order valence-electron chi connectivity index (χ1n) is 5.77. The van der Waals surface area contributed by atoms with E-state index in [0.29, 0.717) is 6.42 Å². The number of hydrogen-bond acceptors (Lipinski definition) is 3. The number of thiophene rings is 1. The Bertz CT molecular complexity index is 388. The first-order valence-corrected chi connectivity index (χ1v) is 6.65. The molecule has 16 heavy (non-hydrogen) atoms. The molecule has 0 aromatic carbocycles. The lowest BCUT2D eigenvalue weighted by Gasteiger charge is -2.35. The molecular formula is C12H18N2OS. The lowest BCUT2D eigenvalue weighted by molar-refractivity contribution is -0.135. The molecule has 0 saturated heterocycles. The van der Waals surface area contributed by atoms with Crippen LogP contribution in [-0.2, 0) is 11.2 Å². The maximum absolute atomic E-state index is 12.1. The van der Waals surface area contributed by atoms with Crippen molar-refractivity contribution in [3.8, 4) is 0 Å². The van der Waals surface area contributed by atoms with E-state index in [1.165, 1.54) is 10.4 Å². The molecule has 4 heteroatoms. The van der Waals surface area contributed by atoms with Crippen LogP contribution in [0.5, 0.6) is 0 Å². The number of fused-ring (bicyclic) bond motifs is 1. The molecule has 0 aliphatic carbocycles. The minimum atomic E-state index is -0.345. The summed E-state index contributed by atoms with van der Waals surface area (Å²) in [6.45, 7) is 4.85. The number of carbonyl (C=O) groups is 1. The van der Waals surface area contributed by atoms with Crippen LogP contribution in [0.25, 0.3) is 0 Å². The molecule has 1 aliphatic rings. The minimum absolute atomic E-state index is 0.0897. The summed E-state index contributed by atoms with van der Waals surface area (Å²) < 4.78 is 0. The lowest BCUT2D eigenvalue weighted by atomic mass is 10.0. The van der Waals surface area contributed by atoms with Crippen molar-refractivity contribution in [2.24, 2.45) is 5.73 Å². The summed E-state index contributed by atoms with van der Waals surface area (Å²) in [6.07, 6.45) is 1.68. The van der Waals surface area contributed by atoms with Crippen molar-refractivity contribution in [3.05, 3.63) is 21.9 Å². The second-order valence-corrected chi connectivity index (χ2v) is 5.27. The van der Waals surface area contributed by atoms with E-state index in [0.717, 1.165) is 13.0 Å². The van der Waals surface area contributed by atoms with Crippen molar-refractivity contribution < 1.29 is 4.79 Å². The molecule has 1 unspecified atom stereocenters. The van der Waals surface area contributed by atoms with Gasteiger partial charge in [-0.2, -0.15) is 0 Å². The normalized spacial score (nSPS) is 21.7. The molecule has 3 nitrogen and oxygen atoms in total. The van der Waals surface area contributed by atoms with Gasteiger partial charge in [0.2, 0.25) is 5.91 Å². The van der Waals surface area contributed by atoms with Crippen LogP contribution in [0.2, 0.25) is 0 Å². The van der Waals surface area contributed by atoms with Gasteiger partial charge in [0.1, 0.15) is 0 Å². The summed E-state index contributed by atoms with van der Waals surface area (Å²) >= 11 is 1.79. The summed E-state index contributed by atoms with van der Waals surface area (Å²) in [6, 6.07) is 1.96. The van der Waals surface area contributed by atoms with E-state index in [9.17, 15) is 4.79 Å². The summed E-state index contributed by atoms with van der Waals surface area (Å²) in [5.41, 5.74) is 7.12. The molecule has 0 radical (unpaired) electrons. The molecule has 2 rings (SSSR count). The topological polar surface area (TPSA) is 46.3 Å². The summed E-state index contributed by atoms with van der Waals surface area (Å²) in [5, 5.41) is 2.11. The highest BCUT2D eigenvalue weighted by Crippen LogP contribution is 2.32. The Hall–Kier alpha value is -0.870. The van der Waals surface area contributed by atoms with Gasteiger partial charge < -0.3 is 10.6 Å². The lowest BCUT2D eigenvalue weighted by Crippen LogP contribution is -2.46. The van der Waals surface area contributed by atoms with E-state index in [-0.39, 0.29) is 18.0 Å². The fourth-order valence-corrected chi connectivity index (χ4v) is 3.16.